The molecule has 1 atom stereocenters. The normalized spacial score (nSPS) is 15.5. The molecule has 4 nitrogen and oxygen atoms in total. The zero-order valence-corrected chi connectivity index (χ0v) is 16.6. The second kappa shape index (κ2) is 9.05. The Hall–Kier alpha value is -2.33. The molecule has 1 heterocycles. The van der Waals surface area contributed by atoms with E-state index >= 15 is 0 Å². The molecule has 1 aliphatic heterocycles. The van der Waals surface area contributed by atoms with Gasteiger partial charge in [-0.2, -0.15) is 0 Å². The van der Waals surface area contributed by atoms with Crippen LogP contribution in [-0.4, -0.2) is 30.0 Å². The van der Waals surface area contributed by atoms with Crippen molar-refractivity contribution >= 4 is 5.91 Å². The first-order chi connectivity index (χ1) is 13.0. The summed E-state index contributed by atoms with van der Waals surface area (Å²) in [7, 11) is 0. The number of hydrogen-bond donors (Lipinski definition) is 1. The zero-order chi connectivity index (χ0) is 19.2. The van der Waals surface area contributed by atoms with Crippen molar-refractivity contribution in [3.05, 3.63) is 64.7 Å². The molecule has 2 aromatic rings. The molecule has 2 aromatic carbocycles. The van der Waals surface area contributed by atoms with E-state index in [0.29, 0.717) is 6.54 Å². The van der Waals surface area contributed by atoms with Gasteiger partial charge in [-0.3, -0.25) is 9.69 Å². The van der Waals surface area contributed by atoms with Crippen molar-refractivity contribution in [3.8, 4) is 5.75 Å². The van der Waals surface area contributed by atoms with Crippen molar-refractivity contribution in [3.63, 3.8) is 0 Å². The summed E-state index contributed by atoms with van der Waals surface area (Å²) in [6.45, 7) is 9.68. The number of rotatable bonds is 7. The molecule has 0 aliphatic carbocycles. The van der Waals surface area contributed by atoms with E-state index in [2.05, 4.69) is 34.5 Å². The van der Waals surface area contributed by atoms with Crippen LogP contribution in [0.2, 0.25) is 0 Å². The predicted molar refractivity (Wildman–Crippen MR) is 109 cm³/mol. The van der Waals surface area contributed by atoms with E-state index in [1.807, 2.05) is 32.0 Å². The average Bonchev–Trinajstić information content (AvgIpc) is 3.13. The Bertz CT molecular complexity index is 761. The van der Waals surface area contributed by atoms with Crippen LogP contribution in [0.15, 0.2) is 42.5 Å². The highest BCUT2D eigenvalue weighted by molar-refractivity contribution is 5.80. The lowest BCUT2D eigenvalue weighted by molar-refractivity contribution is -0.127. The first kappa shape index (κ1) is 19.4. The first-order valence-electron chi connectivity index (χ1n) is 9.83. The molecular formula is C23H30N2O2. The van der Waals surface area contributed by atoms with Crippen LogP contribution >= 0.6 is 0 Å². The highest BCUT2D eigenvalue weighted by Crippen LogP contribution is 2.18. The van der Waals surface area contributed by atoms with Crippen molar-refractivity contribution in [2.24, 2.45) is 0 Å². The third-order valence-electron chi connectivity index (χ3n) is 5.04. The standard InChI is InChI=1S/C23H30N2O2/c1-17-12-18(2)14-22(13-17)27-19(3)23(26)24-15-20-8-4-5-9-21(20)16-25-10-6-7-11-25/h4-5,8-9,12-14,19H,6-7,10-11,15-16H2,1-3H3,(H,24,26)/t19-/m1/s1. The molecule has 0 radical (unpaired) electrons. The molecule has 1 saturated heterocycles. The number of nitrogens with zero attached hydrogens (tertiary/aromatic N) is 1. The maximum atomic E-state index is 12.5. The summed E-state index contributed by atoms with van der Waals surface area (Å²) in [6, 6.07) is 14.4. The number of carbonyl (C=O) groups is 1. The second-order valence-electron chi connectivity index (χ2n) is 7.55. The summed E-state index contributed by atoms with van der Waals surface area (Å²) in [5, 5.41) is 3.03. The fourth-order valence-electron chi connectivity index (χ4n) is 3.65. The number of carbonyl (C=O) groups excluding carboxylic acids is 1. The number of ether oxygens (including phenoxy) is 1. The molecule has 1 amide bonds. The van der Waals surface area contributed by atoms with Gasteiger partial charge in [0.05, 0.1) is 0 Å². The van der Waals surface area contributed by atoms with Gasteiger partial charge in [0.15, 0.2) is 6.10 Å². The maximum absolute atomic E-state index is 12.5. The van der Waals surface area contributed by atoms with Crippen molar-refractivity contribution in [2.75, 3.05) is 13.1 Å². The minimum atomic E-state index is -0.531. The predicted octanol–water partition coefficient (Wildman–Crippen LogP) is 3.98. The number of likely N-dealkylation sites (tertiary alicyclic amines) is 1. The molecule has 144 valence electrons. The molecule has 0 spiro atoms. The number of nitrogens with one attached hydrogen (secondary N) is 1. The Labute approximate surface area is 162 Å². The molecule has 0 bridgehead atoms. The van der Waals surface area contributed by atoms with E-state index in [1.54, 1.807) is 6.92 Å². The van der Waals surface area contributed by atoms with Crippen LogP contribution < -0.4 is 10.1 Å². The Morgan fingerprint density at radius 2 is 1.70 bits per heavy atom. The van der Waals surface area contributed by atoms with Gasteiger partial charge in [0, 0.05) is 13.1 Å². The van der Waals surface area contributed by atoms with Gasteiger partial charge in [-0.15, -0.1) is 0 Å². The second-order valence-corrected chi connectivity index (χ2v) is 7.55. The molecule has 0 saturated carbocycles. The van der Waals surface area contributed by atoms with Crippen LogP contribution in [0.25, 0.3) is 0 Å². The van der Waals surface area contributed by atoms with Crippen molar-refractivity contribution in [1.29, 1.82) is 0 Å². The Kier molecular flexibility index (Phi) is 6.51. The van der Waals surface area contributed by atoms with Crippen molar-refractivity contribution in [1.82, 2.24) is 10.2 Å². The molecule has 27 heavy (non-hydrogen) atoms. The molecule has 4 heteroatoms. The van der Waals surface area contributed by atoms with Crippen LogP contribution in [0.3, 0.4) is 0 Å². The van der Waals surface area contributed by atoms with Crippen LogP contribution in [-0.2, 0) is 17.9 Å². The third-order valence-corrected chi connectivity index (χ3v) is 5.04. The van der Waals surface area contributed by atoms with Crippen LogP contribution in [0.4, 0.5) is 0 Å². The SMILES string of the molecule is Cc1cc(C)cc(O[C@H](C)C(=O)NCc2ccccc2CN2CCCC2)c1. The fraction of sp³-hybridized carbons (Fsp3) is 0.435. The van der Waals surface area contributed by atoms with E-state index in [-0.39, 0.29) is 5.91 Å². The van der Waals surface area contributed by atoms with Gasteiger partial charge >= 0.3 is 0 Å². The van der Waals surface area contributed by atoms with E-state index < -0.39 is 6.10 Å². The Balaban J connectivity index is 1.56. The Morgan fingerprint density at radius 3 is 2.37 bits per heavy atom. The molecule has 1 aliphatic rings. The van der Waals surface area contributed by atoms with Gasteiger partial charge in [-0.05, 0) is 81.1 Å². The van der Waals surface area contributed by atoms with E-state index in [0.717, 1.165) is 23.4 Å². The highest BCUT2D eigenvalue weighted by Gasteiger charge is 2.17. The molecule has 3 rings (SSSR count). The summed E-state index contributed by atoms with van der Waals surface area (Å²) in [5.74, 6) is 0.648. The van der Waals surface area contributed by atoms with Gasteiger partial charge in [0.2, 0.25) is 0 Å². The summed E-state index contributed by atoms with van der Waals surface area (Å²) in [4.78, 5) is 15.0. The van der Waals surface area contributed by atoms with Crippen molar-refractivity contribution < 1.29 is 9.53 Å². The largest absolute Gasteiger partial charge is 0.481 e. The topological polar surface area (TPSA) is 41.6 Å². The van der Waals surface area contributed by atoms with Gasteiger partial charge in [-0.1, -0.05) is 30.3 Å². The summed E-state index contributed by atoms with van der Waals surface area (Å²) >= 11 is 0. The van der Waals surface area contributed by atoms with Gasteiger partial charge < -0.3 is 10.1 Å². The fourth-order valence-corrected chi connectivity index (χ4v) is 3.65. The monoisotopic (exact) mass is 366 g/mol. The third kappa shape index (κ3) is 5.57. The lowest BCUT2D eigenvalue weighted by Gasteiger charge is -2.19. The van der Waals surface area contributed by atoms with E-state index in [4.69, 9.17) is 4.74 Å². The molecule has 1 N–H and O–H groups in total. The van der Waals surface area contributed by atoms with E-state index in [9.17, 15) is 4.79 Å². The lowest BCUT2D eigenvalue weighted by atomic mass is 10.1. The van der Waals surface area contributed by atoms with Gasteiger partial charge in [-0.25, -0.2) is 0 Å². The minimum Gasteiger partial charge on any atom is -0.481 e. The van der Waals surface area contributed by atoms with Gasteiger partial charge in [0.25, 0.3) is 5.91 Å². The number of amides is 1. The molecular weight excluding hydrogens is 336 g/mol. The highest BCUT2D eigenvalue weighted by atomic mass is 16.5. The quantitative estimate of drug-likeness (QED) is 0.806. The number of hydrogen-bond acceptors (Lipinski definition) is 3. The molecule has 0 unspecified atom stereocenters. The first-order valence-corrected chi connectivity index (χ1v) is 9.83. The van der Waals surface area contributed by atoms with Crippen molar-refractivity contribution in [2.45, 2.75) is 52.8 Å². The molecule has 0 aromatic heterocycles. The van der Waals surface area contributed by atoms with Crippen LogP contribution in [0.1, 0.15) is 42.0 Å². The van der Waals surface area contributed by atoms with Crippen LogP contribution in [0, 0.1) is 13.8 Å². The number of benzene rings is 2. The minimum absolute atomic E-state index is 0.0925. The summed E-state index contributed by atoms with van der Waals surface area (Å²) in [5.41, 5.74) is 4.74. The number of aryl methyl sites for hydroxylation is 2. The lowest BCUT2D eigenvalue weighted by Crippen LogP contribution is -2.36. The van der Waals surface area contributed by atoms with E-state index in [1.165, 1.54) is 37.1 Å². The van der Waals surface area contributed by atoms with Crippen LogP contribution in [0.5, 0.6) is 5.75 Å². The summed E-state index contributed by atoms with van der Waals surface area (Å²) in [6.07, 6.45) is 2.04. The summed E-state index contributed by atoms with van der Waals surface area (Å²) < 4.78 is 5.84. The van der Waals surface area contributed by atoms with Gasteiger partial charge in [0.1, 0.15) is 5.75 Å². The average molecular weight is 367 g/mol. The molecule has 1 fully saturated rings. The maximum Gasteiger partial charge on any atom is 0.261 e. The smallest absolute Gasteiger partial charge is 0.261 e. The zero-order valence-electron chi connectivity index (χ0n) is 16.6. The Morgan fingerprint density at radius 1 is 1.07 bits per heavy atom.